The van der Waals surface area contributed by atoms with Crippen LogP contribution in [0.2, 0.25) is 0 Å². The molecule has 2 aromatic carbocycles. The third-order valence-corrected chi connectivity index (χ3v) is 5.09. The van der Waals surface area contributed by atoms with Crippen LogP contribution < -0.4 is 10.2 Å². The van der Waals surface area contributed by atoms with Crippen LogP contribution in [0.5, 0.6) is 0 Å². The van der Waals surface area contributed by atoms with Gasteiger partial charge in [-0.25, -0.2) is 9.69 Å². The molecule has 0 bridgehead atoms. The summed E-state index contributed by atoms with van der Waals surface area (Å²) in [7, 11) is 0. The molecule has 1 fully saturated rings. The number of nitrogens with one attached hydrogen (secondary N) is 1. The number of carbonyl (C=O) groups is 3. The summed E-state index contributed by atoms with van der Waals surface area (Å²) < 4.78 is 1.87. The lowest BCUT2D eigenvalue weighted by atomic mass is 10.1. The molecule has 3 aromatic rings. The summed E-state index contributed by atoms with van der Waals surface area (Å²) in [5, 5.41) is 3.11. The van der Waals surface area contributed by atoms with Crippen LogP contribution in [0.25, 0.3) is 17.0 Å². The lowest BCUT2D eigenvalue weighted by Gasteiger charge is -2.26. The molecule has 4 amide bonds. The predicted octanol–water partition coefficient (Wildman–Crippen LogP) is 3.50. The van der Waals surface area contributed by atoms with Crippen molar-refractivity contribution in [2.45, 2.75) is 19.9 Å². The maximum Gasteiger partial charge on any atom is 0.335 e. The molecule has 1 aliphatic rings. The number of terminal acetylenes is 1. The van der Waals surface area contributed by atoms with Crippen molar-refractivity contribution < 1.29 is 14.4 Å². The third-order valence-electron chi connectivity index (χ3n) is 5.09. The number of aromatic nitrogens is 1. The maximum absolute atomic E-state index is 13.1. The van der Waals surface area contributed by atoms with Crippen molar-refractivity contribution in [2.75, 3.05) is 4.90 Å². The highest BCUT2D eigenvalue weighted by molar-refractivity contribution is 6.39. The topological polar surface area (TPSA) is 71.4 Å². The zero-order valence-electron chi connectivity index (χ0n) is 16.4. The fourth-order valence-electron chi connectivity index (χ4n) is 3.55. The van der Waals surface area contributed by atoms with Gasteiger partial charge in [0.2, 0.25) is 0 Å². The number of imide groups is 2. The van der Waals surface area contributed by atoms with E-state index in [0.29, 0.717) is 17.8 Å². The highest BCUT2D eigenvalue weighted by Crippen LogP contribution is 2.26. The van der Waals surface area contributed by atoms with Gasteiger partial charge in [0.25, 0.3) is 11.8 Å². The largest absolute Gasteiger partial charge is 0.335 e. The number of para-hydroxylation sites is 1. The number of fused-ring (bicyclic) bond motifs is 1. The SMILES string of the molecule is C#CCn1cc(/C=C2/C(=O)NC(=O)N(c3ccc(CC)cc3)C2=O)c2ccccc21. The van der Waals surface area contributed by atoms with Crippen molar-refractivity contribution in [1.82, 2.24) is 9.88 Å². The van der Waals surface area contributed by atoms with Crippen LogP contribution in [-0.4, -0.2) is 22.4 Å². The van der Waals surface area contributed by atoms with Crippen molar-refractivity contribution in [3.63, 3.8) is 0 Å². The standard InChI is InChI=1S/C24H19N3O3/c1-3-13-26-15-17(19-7-5-6-8-21(19)26)14-20-22(28)25-24(30)27(23(20)29)18-11-9-16(4-2)10-12-18/h1,5-12,14-15H,4,13H2,2H3,(H,25,28,30)/b20-14-. The average molecular weight is 397 g/mol. The minimum absolute atomic E-state index is 0.113. The van der Waals surface area contributed by atoms with Gasteiger partial charge in [0, 0.05) is 22.7 Å². The monoisotopic (exact) mass is 397 g/mol. The Hall–Kier alpha value is -4.11. The van der Waals surface area contributed by atoms with E-state index in [1.54, 1.807) is 18.3 Å². The summed E-state index contributed by atoms with van der Waals surface area (Å²) in [6, 6.07) is 13.9. The van der Waals surface area contributed by atoms with Crippen LogP contribution in [0.1, 0.15) is 18.1 Å². The summed E-state index contributed by atoms with van der Waals surface area (Å²) in [5.74, 6) is 1.21. The van der Waals surface area contributed by atoms with Crippen LogP contribution in [-0.2, 0) is 22.6 Å². The van der Waals surface area contributed by atoms with Crippen LogP contribution in [0.15, 0.2) is 60.3 Å². The number of aryl methyl sites for hydroxylation is 1. The molecule has 2 heterocycles. The van der Waals surface area contributed by atoms with Crippen LogP contribution in [0.3, 0.4) is 0 Å². The molecule has 1 saturated heterocycles. The first-order valence-electron chi connectivity index (χ1n) is 9.55. The number of urea groups is 1. The molecule has 0 spiro atoms. The Kier molecular flexibility index (Phi) is 4.95. The van der Waals surface area contributed by atoms with Crippen LogP contribution >= 0.6 is 0 Å². The van der Waals surface area contributed by atoms with Gasteiger partial charge >= 0.3 is 6.03 Å². The molecular formula is C24H19N3O3. The van der Waals surface area contributed by atoms with E-state index in [1.165, 1.54) is 6.08 Å². The zero-order chi connectivity index (χ0) is 21.3. The van der Waals surface area contributed by atoms with Crippen LogP contribution in [0.4, 0.5) is 10.5 Å². The smallest absolute Gasteiger partial charge is 0.335 e. The second kappa shape index (κ2) is 7.72. The summed E-state index contributed by atoms with van der Waals surface area (Å²) in [6.45, 7) is 2.38. The van der Waals surface area contributed by atoms with Gasteiger partial charge in [-0.3, -0.25) is 14.9 Å². The van der Waals surface area contributed by atoms with Gasteiger partial charge in [0.05, 0.1) is 12.2 Å². The second-order valence-corrected chi connectivity index (χ2v) is 6.91. The van der Waals surface area contributed by atoms with E-state index in [0.717, 1.165) is 27.8 Å². The molecule has 4 rings (SSSR count). The average Bonchev–Trinajstić information content (AvgIpc) is 3.09. The van der Waals surface area contributed by atoms with Gasteiger partial charge < -0.3 is 4.57 Å². The Morgan fingerprint density at radius 3 is 2.50 bits per heavy atom. The molecule has 6 heteroatoms. The van der Waals surface area contributed by atoms with E-state index in [2.05, 4.69) is 11.2 Å². The number of barbiturate groups is 1. The minimum Gasteiger partial charge on any atom is -0.335 e. The lowest BCUT2D eigenvalue weighted by molar-refractivity contribution is -0.122. The summed E-state index contributed by atoms with van der Waals surface area (Å²) in [6.07, 6.45) is 9.61. The molecule has 1 aromatic heterocycles. The first-order chi connectivity index (χ1) is 14.5. The molecule has 30 heavy (non-hydrogen) atoms. The molecule has 0 radical (unpaired) electrons. The molecular weight excluding hydrogens is 378 g/mol. The van der Waals surface area contributed by atoms with Crippen molar-refractivity contribution >= 4 is 40.5 Å². The Labute approximate surface area is 173 Å². The van der Waals surface area contributed by atoms with Crippen molar-refractivity contribution in [1.29, 1.82) is 0 Å². The summed E-state index contributed by atoms with van der Waals surface area (Å²) >= 11 is 0. The number of rotatable bonds is 4. The summed E-state index contributed by atoms with van der Waals surface area (Å²) in [5.41, 5.74) is 2.95. The molecule has 0 unspecified atom stereocenters. The van der Waals surface area contributed by atoms with Gasteiger partial charge in [0.15, 0.2) is 0 Å². The van der Waals surface area contributed by atoms with Crippen molar-refractivity contribution in [3.05, 3.63) is 71.4 Å². The van der Waals surface area contributed by atoms with E-state index >= 15 is 0 Å². The number of hydrogen-bond acceptors (Lipinski definition) is 3. The molecule has 0 aliphatic carbocycles. The fraction of sp³-hybridized carbons (Fsp3) is 0.125. The third kappa shape index (κ3) is 3.27. The number of carbonyl (C=O) groups excluding carboxylic acids is 3. The highest BCUT2D eigenvalue weighted by Gasteiger charge is 2.36. The van der Waals surface area contributed by atoms with Gasteiger partial charge in [-0.2, -0.15) is 0 Å². The normalized spacial score (nSPS) is 15.5. The Morgan fingerprint density at radius 1 is 1.07 bits per heavy atom. The van der Waals surface area contributed by atoms with Crippen molar-refractivity contribution in [2.24, 2.45) is 0 Å². The second-order valence-electron chi connectivity index (χ2n) is 6.91. The fourth-order valence-corrected chi connectivity index (χ4v) is 3.55. The first kappa shape index (κ1) is 19.2. The molecule has 1 aliphatic heterocycles. The highest BCUT2D eigenvalue weighted by atomic mass is 16.2. The van der Waals surface area contributed by atoms with Gasteiger partial charge in [-0.1, -0.05) is 43.2 Å². The molecule has 1 N–H and O–H groups in total. The van der Waals surface area contributed by atoms with Gasteiger partial charge in [-0.15, -0.1) is 6.42 Å². The van der Waals surface area contributed by atoms with E-state index < -0.39 is 17.8 Å². The van der Waals surface area contributed by atoms with Crippen LogP contribution in [0, 0.1) is 12.3 Å². The number of anilines is 1. The Bertz CT molecular complexity index is 1240. The molecule has 6 nitrogen and oxygen atoms in total. The van der Waals surface area contributed by atoms with Gasteiger partial charge in [0.1, 0.15) is 5.57 Å². The quantitative estimate of drug-likeness (QED) is 0.416. The zero-order valence-corrected chi connectivity index (χ0v) is 16.4. The Morgan fingerprint density at radius 2 is 1.80 bits per heavy atom. The maximum atomic E-state index is 13.1. The number of hydrogen-bond donors (Lipinski definition) is 1. The van der Waals surface area contributed by atoms with E-state index in [4.69, 9.17) is 6.42 Å². The van der Waals surface area contributed by atoms with E-state index in [9.17, 15) is 14.4 Å². The minimum atomic E-state index is -0.763. The Balaban J connectivity index is 1.78. The number of nitrogens with zero attached hydrogens (tertiary/aromatic N) is 2. The first-order valence-corrected chi connectivity index (χ1v) is 9.55. The van der Waals surface area contributed by atoms with E-state index in [-0.39, 0.29) is 5.57 Å². The molecule has 0 saturated carbocycles. The van der Waals surface area contributed by atoms with E-state index in [1.807, 2.05) is 47.9 Å². The lowest BCUT2D eigenvalue weighted by Crippen LogP contribution is -2.54. The predicted molar refractivity (Wildman–Crippen MR) is 116 cm³/mol. The van der Waals surface area contributed by atoms with Crippen molar-refractivity contribution in [3.8, 4) is 12.3 Å². The molecule has 0 atom stereocenters. The summed E-state index contributed by atoms with van der Waals surface area (Å²) in [4.78, 5) is 39.0. The number of amides is 4. The molecule has 148 valence electrons. The number of benzene rings is 2. The van der Waals surface area contributed by atoms with Gasteiger partial charge in [-0.05, 0) is 36.3 Å².